The van der Waals surface area contributed by atoms with Crippen molar-refractivity contribution < 1.29 is 4.21 Å². The van der Waals surface area contributed by atoms with Crippen molar-refractivity contribution in [2.24, 2.45) is 0 Å². The van der Waals surface area contributed by atoms with Gasteiger partial charge in [-0.15, -0.1) is 0 Å². The van der Waals surface area contributed by atoms with Gasteiger partial charge in [0.2, 0.25) is 0 Å². The summed E-state index contributed by atoms with van der Waals surface area (Å²) in [5.74, 6) is 0. The first-order valence-corrected chi connectivity index (χ1v) is 4.01. The molecule has 0 bridgehead atoms. The van der Waals surface area contributed by atoms with Crippen molar-refractivity contribution in [2.75, 3.05) is 0 Å². The molecule has 0 aromatic carbocycles. The van der Waals surface area contributed by atoms with Crippen LogP contribution in [0.5, 0.6) is 0 Å². The minimum absolute atomic E-state index is 0.0556. The summed E-state index contributed by atoms with van der Waals surface area (Å²) < 4.78 is 17.1. The smallest absolute Gasteiger partial charge is 0.0575 e. The van der Waals surface area contributed by atoms with Gasteiger partial charge in [0.1, 0.15) is 0 Å². The zero-order valence-corrected chi connectivity index (χ0v) is 6.12. The van der Waals surface area contributed by atoms with Gasteiger partial charge in [-0.05, 0) is 0 Å². The molecule has 8 heavy (non-hydrogen) atoms. The lowest BCUT2D eigenvalue weighted by molar-refractivity contribution is 0.588. The van der Waals surface area contributed by atoms with E-state index in [9.17, 15) is 4.21 Å². The van der Waals surface area contributed by atoms with E-state index in [1.807, 2.05) is 13.8 Å². The van der Waals surface area contributed by atoms with Crippen LogP contribution < -0.4 is 0 Å². The largest absolute Gasteiger partial charge is 0.444 e. The molecule has 0 saturated heterocycles. The third-order valence-corrected chi connectivity index (χ3v) is 2.03. The lowest BCUT2D eigenvalue weighted by Gasteiger charge is -2.08. The highest BCUT2D eigenvalue weighted by Gasteiger charge is 1.87. The Kier molecular flexibility index (Phi) is 3.87. The molecule has 0 aliphatic heterocycles. The Balaban J connectivity index is 3.48. The van der Waals surface area contributed by atoms with Crippen LogP contribution in [-0.4, -0.2) is 5.25 Å². The minimum atomic E-state index is -1.36. The van der Waals surface area contributed by atoms with Gasteiger partial charge in [0, 0.05) is 0 Å². The molecule has 0 rings (SSSR count). The molecule has 3 heteroatoms. The summed E-state index contributed by atoms with van der Waals surface area (Å²) in [6, 6.07) is 0. The lowest BCUT2D eigenvalue weighted by Crippen LogP contribution is -1.99. The van der Waals surface area contributed by atoms with Crippen LogP contribution in [0.2, 0.25) is 0 Å². The topological polar surface area (TPSA) is 40.9 Å². The van der Waals surface area contributed by atoms with E-state index in [-0.39, 0.29) is 5.25 Å². The molecule has 50 valence electrons. The first-order chi connectivity index (χ1) is 3.68. The second-order valence-electron chi connectivity index (χ2n) is 1.90. The number of rotatable bonds is 3. The summed E-state index contributed by atoms with van der Waals surface area (Å²) in [5, 5.41) is 0.0556. The normalized spacial score (nSPS) is 14.4. The zero-order valence-electron chi connectivity index (χ0n) is 5.31. The molecule has 0 radical (unpaired) electrons. The Labute approximate surface area is 52.3 Å². The second-order valence-corrected chi connectivity index (χ2v) is 3.30. The molecular weight excluding hydrogens is 122 g/mol. The first-order valence-electron chi connectivity index (χ1n) is 2.80. The van der Waals surface area contributed by atoms with E-state index in [1.165, 1.54) is 0 Å². The molecule has 0 aliphatic carbocycles. The third kappa shape index (κ3) is 3.02. The summed E-state index contributed by atoms with van der Waals surface area (Å²) in [5.41, 5.74) is 0. The van der Waals surface area contributed by atoms with Gasteiger partial charge in [0.25, 0.3) is 0 Å². The zero-order chi connectivity index (χ0) is 6.57. The molecule has 1 atom stereocenters. The van der Waals surface area contributed by atoms with Crippen molar-refractivity contribution in [3.63, 3.8) is 0 Å². The van der Waals surface area contributed by atoms with Gasteiger partial charge < -0.3 is 8.99 Å². The highest BCUT2D eigenvalue weighted by Crippen LogP contribution is 1.98. The van der Waals surface area contributed by atoms with Gasteiger partial charge in [-0.25, -0.2) is 0 Å². The predicted octanol–water partition coefficient (Wildman–Crippen LogP) is 1.90. The maximum atomic E-state index is 10.3. The van der Waals surface area contributed by atoms with Crippen LogP contribution >= 0.6 is 0 Å². The number of hydrogen-bond acceptors (Lipinski definition) is 3. The number of hydrogen-bond donors (Lipinski definition) is 1. The van der Waals surface area contributed by atoms with Gasteiger partial charge in [-0.1, -0.05) is 31.9 Å². The Morgan fingerprint density at radius 1 is 1.75 bits per heavy atom. The van der Waals surface area contributed by atoms with E-state index in [0.29, 0.717) is 0 Å². The number of nitrogens with one attached hydrogen (secondary N) is 1. The van der Waals surface area contributed by atoms with Crippen LogP contribution in [0.25, 0.3) is 0 Å². The summed E-state index contributed by atoms with van der Waals surface area (Å²) in [4.78, 5) is 0. The molecule has 0 heterocycles. The van der Waals surface area contributed by atoms with E-state index in [1.54, 1.807) is 0 Å². The molecule has 0 spiro atoms. The average Bonchev–Trinajstić information content (AvgIpc) is 1.67. The second kappa shape index (κ2) is 3.89. The quantitative estimate of drug-likeness (QED) is 0.588. The van der Waals surface area contributed by atoms with E-state index in [2.05, 4.69) is 0 Å². The summed E-state index contributed by atoms with van der Waals surface area (Å²) in [7, 11) is -1.36. The van der Waals surface area contributed by atoms with Crippen molar-refractivity contribution in [2.45, 2.75) is 31.9 Å². The average molecular weight is 134 g/mol. The van der Waals surface area contributed by atoms with Crippen molar-refractivity contribution in [3.8, 4) is 0 Å². The lowest BCUT2D eigenvalue weighted by atomic mass is 10.3. The standard InChI is InChI=1S/C5H12NOS/c1-3-4-5(2)8(6)7/h5-6H,3-4H2,1-2H3/q-1. The molecule has 0 aromatic rings. The Morgan fingerprint density at radius 2 is 2.25 bits per heavy atom. The van der Waals surface area contributed by atoms with Gasteiger partial charge in [-0.2, -0.15) is 10.6 Å². The molecule has 0 aromatic heterocycles. The van der Waals surface area contributed by atoms with Gasteiger partial charge >= 0.3 is 0 Å². The van der Waals surface area contributed by atoms with Crippen LogP contribution in [0.3, 0.4) is 0 Å². The highest BCUT2D eigenvalue weighted by atomic mass is 32.2. The van der Waals surface area contributed by atoms with E-state index < -0.39 is 10.6 Å². The molecule has 1 unspecified atom stereocenters. The monoisotopic (exact) mass is 134 g/mol. The summed E-state index contributed by atoms with van der Waals surface area (Å²) in [6.45, 7) is 3.87. The van der Waals surface area contributed by atoms with E-state index in [0.717, 1.165) is 12.8 Å². The molecular formula is C5H12NOS-. The van der Waals surface area contributed by atoms with Crippen LogP contribution in [0.4, 0.5) is 0 Å². The van der Waals surface area contributed by atoms with Gasteiger partial charge in [-0.3, -0.25) is 0 Å². The molecule has 1 N–H and O–H groups in total. The van der Waals surface area contributed by atoms with Crippen molar-refractivity contribution >= 4 is 10.6 Å². The molecule has 0 fully saturated rings. The molecule has 0 amide bonds. The minimum Gasteiger partial charge on any atom is -0.444 e. The van der Waals surface area contributed by atoms with Crippen LogP contribution in [-0.2, 0) is 14.8 Å². The summed E-state index contributed by atoms with van der Waals surface area (Å²) in [6.07, 6.45) is 1.92. The maximum Gasteiger partial charge on any atom is -0.0575 e. The van der Waals surface area contributed by atoms with Gasteiger partial charge in [0.05, 0.1) is 0 Å². The molecule has 0 saturated carbocycles. The van der Waals surface area contributed by atoms with E-state index in [4.69, 9.17) is 4.78 Å². The Hall–Kier alpha value is -0.0500. The van der Waals surface area contributed by atoms with Crippen molar-refractivity contribution in [3.05, 3.63) is 0 Å². The van der Waals surface area contributed by atoms with Crippen molar-refractivity contribution in [1.29, 1.82) is 4.78 Å². The molecule has 0 aliphatic rings. The highest BCUT2D eigenvalue weighted by molar-refractivity contribution is 7.74. The first kappa shape index (κ1) is 7.95. The van der Waals surface area contributed by atoms with E-state index >= 15 is 0 Å². The van der Waals surface area contributed by atoms with Crippen LogP contribution in [0, 0.1) is 4.78 Å². The SMILES string of the molecule is CCCC(C)[S-](=N)=O. The molecule has 2 nitrogen and oxygen atoms in total. The van der Waals surface area contributed by atoms with Gasteiger partial charge in [0.15, 0.2) is 0 Å². The van der Waals surface area contributed by atoms with Crippen LogP contribution in [0.15, 0.2) is 0 Å². The Morgan fingerprint density at radius 3 is 2.38 bits per heavy atom. The fourth-order valence-electron chi connectivity index (χ4n) is 0.514. The fraction of sp³-hybridized carbons (Fsp3) is 1.00. The third-order valence-electron chi connectivity index (χ3n) is 1.06. The Bertz CT molecular complexity index is 112. The predicted molar refractivity (Wildman–Crippen MR) is 35.1 cm³/mol. The van der Waals surface area contributed by atoms with Crippen molar-refractivity contribution in [1.82, 2.24) is 0 Å². The van der Waals surface area contributed by atoms with Crippen LogP contribution in [0.1, 0.15) is 26.7 Å². The maximum absolute atomic E-state index is 10.3. The summed E-state index contributed by atoms with van der Waals surface area (Å²) >= 11 is 0. The fourth-order valence-corrected chi connectivity index (χ4v) is 0.963.